The summed E-state index contributed by atoms with van der Waals surface area (Å²) < 4.78 is 0. The van der Waals surface area contributed by atoms with Gasteiger partial charge in [-0.15, -0.1) is 0 Å². The SMILES string of the molecule is CCNc1nc(Cl)nc(N(C)Cc2ccccn2)n1. The first-order valence-corrected chi connectivity index (χ1v) is 6.33. The number of aromatic nitrogens is 4. The van der Waals surface area contributed by atoms with Gasteiger partial charge in [-0.1, -0.05) is 6.07 Å². The molecular weight excluding hydrogens is 264 g/mol. The van der Waals surface area contributed by atoms with Gasteiger partial charge in [0.05, 0.1) is 12.2 Å². The molecule has 0 atom stereocenters. The van der Waals surface area contributed by atoms with E-state index >= 15 is 0 Å². The van der Waals surface area contributed by atoms with Gasteiger partial charge in [0, 0.05) is 19.8 Å². The Morgan fingerprint density at radius 2 is 2.11 bits per heavy atom. The second-order valence-electron chi connectivity index (χ2n) is 3.94. The molecule has 0 unspecified atom stereocenters. The first-order valence-electron chi connectivity index (χ1n) is 5.95. The van der Waals surface area contributed by atoms with Crippen LogP contribution >= 0.6 is 11.6 Å². The second kappa shape index (κ2) is 6.29. The van der Waals surface area contributed by atoms with Crippen LogP contribution in [0.25, 0.3) is 0 Å². The van der Waals surface area contributed by atoms with Crippen molar-refractivity contribution in [3.63, 3.8) is 0 Å². The molecule has 0 aromatic carbocycles. The summed E-state index contributed by atoms with van der Waals surface area (Å²) in [6.45, 7) is 3.30. The van der Waals surface area contributed by atoms with Gasteiger partial charge in [-0.05, 0) is 30.7 Å². The van der Waals surface area contributed by atoms with E-state index in [0.29, 0.717) is 18.4 Å². The minimum absolute atomic E-state index is 0.175. The maximum absolute atomic E-state index is 5.89. The lowest BCUT2D eigenvalue weighted by Crippen LogP contribution is -2.21. The molecule has 6 nitrogen and oxygen atoms in total. The maximum atomic E-state index is 5.89. The summed E-state index contributed by atoms with van der Waals surface area (Å²) in [6, 6.07) is 5.78. The van der Waals surface area contributed by atoms with Gasteiger partial charge in [-0.2, -0.15) is 15.0 Å². The van der Waals surface area contributed by atoms with Crippen LogP contribution < -0.4 is 10.2 Å². The number of nitrogens with one attached hydrogen (secondary N) is 1. The van der Waals surface area contributed by atoms with Crippen molar-refractivity contribution in [3.8, 4) is 0 Å². The first-order chi connectivity index (χ1) is 9.19. The van der Waals surface area contributed by atoms with E-state index < -0.39 is 0 Å². The van der Waals surface area contributed by atoms with E-state index in [9.17, 15) is 0 Å². The molecule has 2 heterocycles. The molecule has 0 aliphatic carbocycles. The highest BCUT2D eigenvalue weighted by Gasteiger charge is 2.09. The topological polar surface area (TPSA) is 66.8 Å². The molecule has 19 heavy (non-hydrogen) atoms. The van der Waals surface area contributed by atoms with Crippen LogP contribution in [0.15, 0.2) is 24.4 Å². The lowest BCUT2D eigenvalue weighted by atomic mass is 10.3. The molecule has 0 aliphatic heterocycles. The predicted octanol–water partition coefficient (Wildman–Crippen LogP) is 1.99. The summed E-state index contributed by atoms with van der Waals surface area (Å²) in [5.41, 5.74) is 0.937. The Labute approximate surface area is 116 Å². The van der Waals surface area contributed by atoms with E-state index in [1.165, 1.54) is 0 Å². The third kappa shape index (κ3) is 3.75. The quantitative estimate of drug-likeness (QED) is 0.902. The predicted molar refractivity (Wildman–Crippen MR) is 75.3 cm³/mol. The average Bonchev–Trinajstić information content (AvgIpc) is 2.39. The molecule has 0 saturated carbocycles. The molecule has 0 radical (unpaired) electrons. The minimum atomic E-state index is 0.175. The van der Waals surface area contributed by atoms with Crippen molar-refractivity contribution in [2.75, 3.05) is 23.8 Å². The summed E-state index contributed by atoms with van der Waals surface area (Å²) in [7, 11) is 1.88. The fourth-order valence-electron chi connectivity index (χ4n) is 1.55. The van der Waals surface area contributed by atoms with Crippen molar-refractivity contribution >= 4 is 23.5 Å². The van der Waals surface area contributed by atoms with Crippen molar-refractivity contribution in [1.29, 1.82) is 0 Å². The number of halogens is 1. The Bertz CT molecular complexity index is 533. The molecular formula is C12H15ClN6. The zero-order valence-corrected chi connectivity index (χ0v) is 11.6. The Balaban J connectivity index is 2.16. The number of anilines is 2. The van der Waals surface area contributed by atoms with Gasteiger partial charge in [-0.3, -0.25) is 4.98 Å². The highest BCUT2D eigenvalue weighted by molar-refractivity contribution is 6.28. The third-order valence-corrected chi connectivity index (χ3v) is 2.57. The molecule has 1 N–H and O–H groups in total. The summed E-state index contributed by atoms with van der Waals surface area (Å²) in [4.78, 5) is 18.6. The number of hydrogen-bond acceptors (Lipinski definition) is 6. The van der Waals surface area contributed by atoms with E-state index in [2.05, 4.69) is 25.3 Å². The smallest absolute Gasteiger partial charge is 0.231 e. The van der Waals surface area contributed by atoms with E-state index in [4.69, 9.17) is 11.6 Å². The summed E-state index contributed by atoms with van der Waals surface area (Å²) in [5, 5.41) is 3.19. The van der Waals surface area contributed by atoms with E-state index in [-0.39, 0.29) is 5.28 Å². The Morgan fingerprint density at radius 1 is 1.26 bits per heavy atom. The van der Waals surface area contributed by atoms with Crippen LogP contribution in [0, 0.1) is 0 Å². The van der Waals surface area contributed by atoms with Gasteiger partial charge in [-0.25, -0.2) is 0 Å². The molecule has 0 fully saturated rings. The molecule has 2 aromatic rings. The molecule has 100 valence electrons. The fraction of sp³-hybridized carbons (Fsp3) is 0.333. The lowest BCUT2D eigenvalue weighted by molar-refractivity contribution is 0.830. The standard InChI is InChI=1S/C12H15ClN6/c1-3-14-11-16-10(13)17-12(18-11)19(2)8-9-6-4-5-7-15-9/h4-7H,3,8H2,1-2H3,(H,14,16,17,18). The van der Waals surface area contributed by atoms with Crippen molar-refractivity contribution in [2.24, 2.45) is 0 Å². The minimum Gasteiger partial charge on any atom is -0.354 e. The Kier molecular flexibility index (Phi) is 4.46. The van der Waals surface area contributed by atoms with Gasteiger partial charge >= 0.3 is 0 Å². The molecule has 0 spiro atoms. The van der Waals surface area contributed by atoms with Gasteiger partial charge in [0.25, 0.3) is 0 Å². The summed E-state index contributed by atoms with van der Waals surface area (Å²) >= 11 is 5.89. The van der Waals surface area contributed by atoms with Crippen LogP contribution in [0.3, 0.4) is 0 Å². The van der Waals surface area contributed by atoms with Gasteiger partial charge in [0.15, 0.2) is 0 Å². The van der Waals surface area contributed by atoms with Crippen LogP contribution in [-0.4, -0.2) is 33.5 Å². The fourth-order valence-corrected chi connectivity index (χ4v) is 1.71. The van der Waals surface area contributed by atoms with Crippen LogP contribution in [0.2, 0.25) is 5.28 Å². The summed E-state index contributed by atoms with van der Waals surface area (Å²) in [6.07, 6.45) is 1.76. The van der Waals surface area contributed by atoms with Crippen LogP contribution in [0.1, 0.15) is 12.6 Å². The number of rotatable bonds is 5. The number of pyridine rings is 1. The highest BCUT2D eigenvalue weighted by atomic mass is 35.5. The molecule has 7 heteroatoms. The average molecular weight is 279 g/mol. The molecule has 0 bridgehead atoms. The molecule has 2 aromatic heterocycles. The molecule has 0 saturated heterocycles. The Hall–Kier alpha value is -1.95. The zero-order chi connectivity index (χ0) is 13.7. The third-order valence-electron chi connectivity index (χ3n) is 2.40. The molecule has 0 amide bonds. The van der Waals surface area contributed by atoms with Crippen LogP contribution in [0.5, 0.6) is 0 Å². The van der Waals surface area contributed by atoms with Gasteiger partial charge in [0.2, 0.25) is 17.2 Å². The number of nitrogens with zero attached hydrogens (tertiary/aromatic N) is 5. The Morgan fingerprint density at radius 3 is 2.79 bits per heavy atom. The number of hydrogen-bond donors (Lipinski definition) is 1. The van der Waals surface area contributed by atoms with Crippen molar-refractivity contribution in [2.45, 2.75) is 13.5 Å². The molecule has 2 rings (SSSR count). The second-order valence-corrected chi connectivity index (χ2v) is 4.27. The normalized spacial score (nSPS) is 10.3. The van der Waals surface area contributed by atoms with E-state index in [0.717, 1.165) is 12.2 Å². The highest BCUT2D eigenvalue weighted by Crippen LogP contribution is 2.14. The summed E-state index contributed by atoms with van der Waals surface area (Å²) in [5.74, 6) is 0.993. The van der Waals surface area contributed by atoms with Crippen LogP contribution in [-0.2, 0) is 6.54 Å². The van der Waals surface area contributed by atoms with Crippen molar-refractivity contribution in [1.82, 2.24) is 19.9 Å². The van der Waals surface area contributed by atoms with Gasteiger partial charge < -0.3 is 10.2 Å². The maximum Gasteiger partial charge on any atom is 0.231 e. The zero-order valence-electron chi connectivity index (χ0n) is 10.8. The van der Waals surface area contributed by atoms with E-state index in [1.54, 1.807) is 6.20 Å². The monoisotopic (exact) mass is 278 g/mol. The molecule has 0 aliphatic rings. The largest absolute Gasteiger partial charge is 0.354 e. The van der Waals surface area contributed by atoms with Crippen molar-refractivity contribution < 1.29 is 0 Å². The van der Waals surface area contributed by atoms with Gasteiger partial charge in [0.1, 0.15) is 0 Å². The lowest BCUT2D eigenvalue weighted by Gasteiger charge is -2.17. The van der Waals surface area contributed by atoms with Crippen molar-refractivity contribution in [3.05, 3.63) is 35.4 Å². The first kappa shape index (κ1) is 13.5. The van der Waals surface area contributed by atoms with Crippen LogP contribution in [0.4, 0.5) is 11.9 Å². The van der Waals surface area contributed by atoms with E-state index in [1.807, 2.05) is 37.1 Å².